The van der Waals surface area contributed by atoms with Gasteiger partial charge in [0.2, 0.25) is 0 Å². The Morgan fingerprint density at radius 1 is 1.04 bits per heavy atom. The Balaban J connectivity index is 2.24. The zero-order chi connectivity index (χ0) is 20.4. The highest BCUT2D eigenvalue weighted by atomic mass is 16.4. The van der Waals surface area contributed by atoms with Gasteiger partial charge in [-0.3, -0.25) is 9.59 Å². The molecule has 0 saturated heterocycles. The summed E-state index contributed by atoms with van der Waals surface area (Å²) >= 11 is 0. The maximum Gasteiger partial charge on any atom is 0.349 e. The van der Waals surface area contributed by atoms with Crippen molar-refractivity contribution in [1.29, 1.82) is 0 Å². The molecule has 0 aliphatic rings. The largest absolute Gasteiger partial charge is 0.422 e. The molecule has 0 aliphatic carbocycles. The van der Waals surface area contributed by atoms with E-state index in [1.165, 1.54) is 13.8 Å². The lowest BCUT2D eigenvalue weighted by Crippen LogP contribution is -2.23. The van der Waals surface area contributed by atoms with E-state index in [4.69, 9.17) is 4.42 Å². The molecule has 0 fully saturated rings. The van der Waals surface area contributed by atoms with Crippen LogP contribution >= 0.6 is 0 Å². The van der Waals surface area contributed by atoms with E-state index in [1.54, 1.807) is 12.1 Å². The third-order valence-corrected chi connectivity index (χ3v) is 4.59. The molecule has 1 N–H and O–H groups in total. The lowest BCUT2D eigenvalue weighted by Gasteiger charge is -2.21. The van der Waals surface area contributed by atoms with E-state index in [0.29, 0.717) is 16.7 Å². The first-order valence-electron chi connectivity index (χ1n) is 8.90. The lowest BCUT2D eigenvalue weighted by molar-refractivity contribution is -0.117. The second kappa shape index (κ2) is 7.68. The summed E-state index contributed by atoms with van der Waals surface area (Å²) in [7, 11) is 3.76. The zero-order valence-electron chi connectivity index (χ0n) is 16.3. The van der Waals surface area contributed by atoms with Gasteiger partial charge in [0.1, 0.15) is 17.2 Å². The van der Waals surface area contributed by atoms with Crippen LogP contribution in [0.5, 0.6) is 0 Å². The smallest absolute Gasteiger partial charge is 0.349 e. The number of carbonyl (C=O) groups excluding carboxylic acids is 2. The van der Waals surface area contributed by atoms with Gasteiger partial charge in [-0.1, -0.05) is 30.3 Å². The number of nitrogens with one attached hydrogen (secondary N) is 1. The number of anilines is 2. The summed E-state index contributed by atoms with van der Waals surface area (Å²) in [5.41, 5.74) is 1.44. The first-order chi connectivity index (χ1) is 13.3. The second-order valence-electron chi connectivity index (χ2n) is 6.87. The Morgan fingerprint density at radius 2 is 1.71 bits per heavy atom. The normalized spacial score (nSPS) is 11.9. The van der Waals surface area contributed by atoms with Crippen LogP contribution in [0, 0.1) is 0 Å². The van der Waals surface area contributed by atoms with Crippen molar-refractivity contribution >= 4 is 33.9 Å². The molecule has 1 atom stereocenters. The Labute approximate surface area is 162 Å². The van der Waals surface area contributed by atoms with Crippen LogP contribution in [0.2, 0.25) is 0 Å². The zero-order valence-corrected chi connectivity index (χ0v) is 16.3. The summed E-state index contributed by atoms with van der Waals surface area (Å²) in [6, 6.07) is 13.9. The van der Waals surface area contributed by atoms with E-state index in [0.717, 1.165) is 11.3 Å². The minimum atomic E-state index is -0.728. The monoisotopic (exact) mass is 378 g/mol. The van der Waals surface area contributed by atoms with Gasteiger partial charge in [0.25, 0.3) is 0 Å². The quantitative estimate of drug-likeness (QED) is 0.519. The first-order valence-corrected chi connectivity index (χ1v) is 8.90. The summed E-state index contributed by atoms with van der Waals surface area (Å²) in [6.07, 6.45) is 0. The summed E-state index contributed by atoms with van der Waals surface area (Å²) in [5, 5.41) is 3.70. The minimum absolute atomic E-state index is 0.0905. The molecule has 0 aliphatic heterocycles. The standard InChI is InChI=1S/C22H22N2O4/c1-13(25)19-21(23-20(14(2)26)15-8-6-5-7-9-15)17-11-10-16(24(3)4)12-18(17)28-22(19)27/h5-12,20,23H,1-4H3. The molecule has 0 bridgehead atoms. The fraction of sp³-hybridized carbons (Fsp3) is 0.227. The van der Waals surface area contributed by atoms with Crippen molar-refractivity contribution in [2.24, 2.45) is 0 Å². The number of Topliss-reactive ketones (excluding diaryl/α,β-unsaturated/α-hetero) is 2. The van der Waals surface area contributed by atoms with Gasteiger partial charge in [-0.05, 0) is 31.5 Å². The molecule has 3 aromatic rings. The summed E-state index contributed by atoms with van der Waals surface area (Å²) in [6.45, 7) is 2.78. The van der Waals surface area contributed by atoms with E-state index in [1.807, 2.05) is 55.4 Å². The van der Waals surface area contributed by atoms with Crippen LogP contribution in [0.25, 0.3) is 11.0 Å². The molecular weight excluding hydrogens is 356 g/mol. The van der Waals surface area contributed by atoms with Crippen LogP contribution in [-0.4, -0.2) is 25.7 Å². The van der Waals surface area contributed by atoms with E-state index in [2.05, 4.69) is 5.32 Å². The van der Waals surface area contributed by atoms with Crippen molar-refractivity contribution in [2.45, 2.75) is 19.9 Å². The third kappa shape index (κ3) is 3.67. The Kier molecular flexibility index (Phi) is 5.31. The molecule has 0 radical (unpaired) electrons. The SMILES string of the molecule is CC(=O)c1c(NC(C(C)=O)c2ccccc2)c2ccc(N(C)C)cc2oc1=O. The maximum absolute atomic E-state index is 12.5. The van der Waals surface area contributed by atoms with Crippen LogP contribution in [0.1, 0.15) is 35.8 Å². The minimum Gasteiger partial charge on any atom is -0.422 e. The van der Waals surface area contributed by atoms with Crippen molar-refractivity contribution in [3.05, 3.63) is 70.1 Å². The number of rotatable bonds is 6. The van der Waals surface area contributed by atoms with Gasteiger partial charge < -0.3 is 14.6 Å². The average Bonchev–Trinajstić information content (AvgIpc) is 2.65. The van der Waals surface area contributed by atoms with E-state index >= 15 is 0 Å². The molecule has 0 amide bonds. The Hall–Kier alpha value is -3.41. The molecule has 1 heterocycles. The number of carbonyl (C=O) groups is 2. The number of hydrogen-bond acceptors (Lipinski definition) is 6. The van der Waals surface area contributed by atoms with Crippen LogP contribution in [0.3, 0.4) is 0 Å². The van der Waals surface area contributed by atoms with Gasteiger partial charge in [0.05, 0.1) is 5.69 Å². The summed E-state index contributed by atoms with van der Waals surface area (Å²) in [5.74, 6) is -0.558. The maximum atomic E-state index is 12.5. The van der Waals surface area contributed by atoms with Crippen molar-refractivity contribution in [3.63, 3.8) is 0 Å². The molecule has 6 nitrogen and oxygen atoms in total. The van der Waals surface area contributed by atoms with Crippen LogP contribution in [0.4, 0.5) is 11.4 Å². The summed E-state index contributed by atoms with van der Waals surface area (Å²) < 4.78 is 5.41. The van der Waals surface area contributed by atoms with Gasteiger partial charge >= 0.3 is 5.63 Å². The highest BCUT2D eigenvalue weighted by Crippen LogP contribution is 2.31. The van der Waals surface area contributed by atoms with Crippen molar-refractivity contribution < 1.29 is 14.0 Å². The van der Waals surface area contributed by atoms with Crippen molar-refractivity contribution in [3.8, 4) is 0 Å². The molecule has 3 rings (SSSR count). The van der Waals surface area contributed by atoms with Crippen LogP contribution in [-0.2, 0) is 4.79 Å². The molecule has 6 heteroatoms. The lowest BCUT2D eigenvalue weighted by atomic mass is 10.0. The fourth-order valence-corrected chi connectivity index (χ4v) is 3.15. The second-order valence-corrected chi connectivity index (χ2v) is 6.87. The van der Waals surface area contributed by atoms with E-state index in [9.17, 15) is 14.4 Å². The Morgan fingerprint density at radius 3 is 2.29 bits per heavy atom. The Bertz CT molecular complexity index is 1100. The molecule has 1 unspecified atom stereocenters. The predicted octanol–water partition coefficient (Wildman–Crippen LogP) is 3.80. The van der Waals surface area contributed by atoms with Crippen LogP contribution < -0.4 is 15.8 Å². The fourth-order valence-electron chi connectivity index (χ4n) is 3.15. The van der Waals surface area contributed by atoms with Gasteiger partial charge in [-0.2, -0.15) is 0 Å². The number of benzene rings is 2. The van der Waals surface area contributed by atoms with E-state index in [-0.39, 0.29) is 11.3 Å². The molecule has 0 saturated carbocycles. The van der Waals surface area contributed by atoms with Crippen LogP contribution in [0.15, 0.2) is 57.7 Å². The highest BCUT2D eigenvalue weighted by molar-refractivity contribution is 6.07. The number of hydrogen-bond donors (Lipinski definition) is 1. The van der Waals surface area contributed by atoms with Gasteiger partial charge in [0, 0.05) is 31.2 Å². The highest BCUT2D eigenvalue weighted by Gasteiger charge is 2.24. The third-order valence-electron chi connectivity index (χ3n) is 4.59. The molecule has 2 aromatic carbocycles. The van der Waals surface area contributed by atoms with E-state index < -0.39 is 17.5 Å². The van der Waals surface area contributed by atoms with Crippen molar-refractivity contribution in [1.82, 2.24) is 0 Å². The number of ketones is 2. The molecule has 1 aromatic heterocycles. The van der Waals surface area contributed by atoms with Gasteiger partial charge in [-0.15, -0.1) is 0 Å². The molecule has 144 valence electrons. The number of fused-ring (bicyclic) bond motifs is 1. The van der Waals surface area contributed by atoms with Gasteiger partial charge in [-0.25, -0.2) is 4.79 Å². The average molecular weight is 378 g/mol. The predicted molar refractivity (Wildman–Crippen MR) is 110 cm³/mol. The topological polar surface area (TPSA) is 79.6 Å². The first kappa shape index (κ1) is 19.4. The van der Waals surface area contributed by atoms with Gasteiger partial charge in [0.15, 0.2) is 11.6 Å². The molecule has 28 heavy (non-hydrogen) atoms. The molecule has 0 spiro atoms. The summed E-state index contributed by atoms with van der Waals surface area (Å²) in [4.78, 5) is 39.0. The number of nitrogens with zero attached hydrogens (tertiary/aromatic N) is 1. The van der Waals surface area contributed by atoms with Crippen molar-refractivity contribution in [2.75, 3.05) is 24.3 Å². The molecular formula is C22H22N2O4.